The summed E-state index contributed by atoms with van der Waals surface area (Å²) < 4.78 is 78.6. The van der Waals surface area contributed by atoms with Crippen molar-refractivity contribution in [3.8, 4) is 0 Å². The Morgan fingerprint density at radius 2 is 1.58 bits per heavy atom. The van der Waals surface area contributed by atoms with Gasteiger partial charge in [0.05, 0.1) is 5.60 Å². The lowest BCUT2D eigenvalue weighted by Crippen LogP contribution is -2.55. The van der Waals surface area contributed by atoms with E-state index >= 15 is 0 Å². The highest BCUT2D eigenvalue weighted by molar-refractivity contribution is 5.83. The monoisotopic (exact) mass is 486 g/mol. The molecule has 2 saturated carbocycles. The molecule has 0 aromatic heterocycles. The van der Waals surface area contributed by atoms with Gasteiger partial charge in [-0.25, -0.2) is 0 Å². The van der Waals surface area contributed by atoms with Crippen molar-refractivity contribution in [2.24, 2.45) is 22.7 Å². The minimum Gasteiger partial charge on any atom is -0.390 e. The number of halogens is 6. The Labute approximate surface area is 191 Å². The van der Waals surface area contributed by atoms with Gasteiger partial charge in [-0.1, -0.05) is 26.3 Å². The number of rotatable bonds is 8. The van der Waals surface area contributed by atoms with E-state index in [1.807, 2.05) is 13.8 Å². The summed E-state index contributed by atoms with van der Waals surface area (Å²) in [5.41, 5.74) is -6.93. The van der Waals surface area contributed by atoms with Crippen molar-refractivity contribution in [1.29, 1.82) is 0 Å². The summed E-state index contributed by atoms with van der Waals surface area (Å²) in [5, 5.41) is 19.6. The van der Waals surface area contributed by atoms with Gasteiger partial charge >= 0.3 is 12.4 Å². The summed E-state index contributed by atoms with van der Waals surface area (Å²) in [7, 11) is 0. The average Bonchev–Trinajstić information content (AvgIpc) is 2.97. The van der Waals surface area contributed by atoms with Crippen molar-refractivity contribution in [2.45, 2.75) is 109 Å². The highest BCUT2D eigenvalue weighted by atomic mass is 19.4. The van der Waals surface area contributed by atoms with E-state index in [-0.39, 0.29) is 35.5 Å². The molecule has 2 aliphatic rings. The van der Waals surface area contributed by atoms with E-state index in [1.54, 1.807) is 13.8 Å². The van der Waals surface area contributed by atoms with Gasteiger partial charge in [-0.15, -0.1) is 0 Å². The Morgan fingerprint density at radius 3 is 2.09 bits per heavy atom. The molecule has 2 unspecified atom stereocenters. The van der Waals surface area contributed by atoms with Gasteiger partial charge < -0.3 is 10.2 Å². The molecule has 0 spiro atoms. The molecule has 33 heavy (non-hydrogen) atoms. The summed E-state index contributed by atoms with van der Waals surface area (Å²) >= 11 is 0. The van der Waals surface area contributed by atoms with Crippen LogP contribution in [0.3, 0.4) is 0 Å². The zero-order valence-electron chi connectivity index (χ0n) is 19.7. The first-order valence-electron chi connectivity index (χ1n) is 11.6. The molecule has 0 heterocycles. The fraction of sp³-hybridized carbons (Fsp3) is 0.875. The predicted octanol–water partition coefficient (Wildman–Crippen LogP) is 6.52. The van der Waals surface area contributed by atoms with Crippen LogP contribution in [0.2, 0.25) is 0 Å². The maximum Gasteiger partial charge on any atom is 0.429 e. The Hall–Kier alpha value is -1.09. The second-order valence-electron chi connectivity index (χ2n) is 11.2. The third-order valence-corrected chi connectivity index (χ3v) is 8.05. The van der Waals surface area contributed by atoms with Crippen LogP contribution in [-0.2, 0) is 4.79 Å². The first-order chi connectivity index (χ1) is 14.8. The third kappa shape index (κ3) is 5.77. The number of ketones is 1. The van der Waals surface area contributed by atoms with Gasteiger partial charge in [-0.05, 0) is 81.6 Å². The highest BCUT2D eigenvalue weighted by Crippen LogP contribution is 2.61. The number of fused-ring (bicyclic) bond motifs is 1. The smallest absolute Gasteiger partial charge is 0.390 e. The van der Waals surface area contributed by atoms with Crippen LogP contribution in [0.4, 0.5) is 26.3 Å². The number of aliphatic hydroxyl groups is 2. The van der Waals surface area contributed by atoms with Crippen molar-refractivity contribution >= 4 is 5.78 Å². The average molecular weight is 487 g/mol. The SMILES string of the molecule is CC(C)(O)CCC[C@](C)(C/C=C/C(O)(C(F)(F)F)C(F)(F)F)C1CCC2C(=O)CCC[C@@]21C. The van der Waals surface area contributed by atoms with Crippen LogP contribution in [0, 0.1) is 22.7 Å². The standard InChI is InChI=1S/C24H36F6O3/c1-19(2,32)11-6-12-20(3,13-7-15-22(33,23(25,26)27)24(28,29)30)18-10-9-16-17(31)8-5-14-21(16,18)4/h7,15-16,18,32-33H,5-6,8-14H2,1-4H3/b15-7+/t16?,18?,20-,21+/m1/s1. The highest BCUT2D eigenvalue weighted by Gasteiger charge is 2.69. The van der Waals surface area contributed by atoms with Gasteiger partial charge in [0.25, 0.3) is 5.60 Å². The number of Topliss-reactive ketones (excluding diaryl/α,β-unsaturated/α-hetero) is 1. The second kappa shape index (κ2) is 9.17. The minimum atomic E-state index is -5.90. The van der Waals surface area contributed by atoms with Gasteiger partial charge in [-0.3, -0.25) is 4.79 Å². The molecular weight excluding hydrogens is 450 g/mol. The molecule has 3 nitrogen and oxygen atoms in total. The Kier molecular flexibility index (Phi) is 7.82. The molecule has 2 aliphatic carbocycles. The molecule has 9 heteroatoms. The third-order valence-electron chi connectivity index (χ3n) is 8.05. The fourth-order valence-corrected chi connectivity index (χ4v) is 6.27. The van der Waals surface area contributed by atoms with Crippen molar-refractivity contribution < 1.29 is 41.4 Å². The Morgan fingerprint density at radius 1 is 1.00 bits per heavy atom. The molecule has 4 atom stereocenters. The van der Waals surface area contributed by atoms with E-state index in [9.17, 15) is 41.4 Å². The normalized spacial score (nSPS) is 29.4. The van der Waals surface area contributed by atoms with Crippen LogP contribution in [-0.4, -0.2) is 39.6 Å². The van der Waals surface area contributed by atoms with Crippen molar-refractivity contribution in [3.63, 3.8) is 0 Å². The molecule has 0 aromatic carbocycles. The van der Waals surface area contributed by atoms with Crippen LogP contribution in [0.5, 0.6) is 0 Å². The topological polar surface area (TPSA) is 57.5 Å². The van der Waals surface area contributed by atoms with Gasteiger partial charge in [0.1, 0.15) is 5.78 Å². The molecule has 0 saturated heterocycles. The second-order valence-corrected chi connectivity index (χ2v) is 11.2. The Bertz CT molecular complexity index is 722. The molecular formula is C24H36F6O3. The van der Waals surface area contributed by atoms with E-state index in [0.29, 0.717) is 38.5 Å². The van der Waals surface area contributed by atoms with Crippen LogP contribution in [0.15, 0.2) is 12.2 Å². The van der Waals surface area contributed by atoms with Gasteiger partial charge in [0, 0.05) is 12.3 Å². The van der Waals surface area contributed by atoms with Crippen LogP contribution in [0.1, 0.15) is 85.5 Å². The quantitative estimate of drug-likeness (QED) is 0.303. The van der Waals surface area contributed by atoms with Crippen molar-refractivity contribution in [3.05, 3.63) is 12.2 Å². The lowest BCUT2D eigenvalue weighted by Gasteiger charge is -2.48. The number of hydrogen-bond acceptors (Lipinski definition) is 3. The molecule has 2 fully saturated rings. The van der Waals surface area contributed by atoms with Gasteiger partial charge in [0.2, 0.25) is 0 Å². The minimum absolute atomic E-state index is 0.0735. The molecule has 0 aromatic rings. The molecule has 0 radical (unpaired) electrons. The molecule has 0 aliphatic heterocycles. The summed E-state index contributed by atoms with van der Waals surface area (Å²) in [6, 6.07) is 0. The molecule has 0 bridgehead atoms. The van der Waals surface area contributed by atoms with Gasteiger partial charge in [0.15, 0.2) is 0 Å². The number of allylic oxidation sites excluding steroid dienone is 1. The first-order valence-corrected chi connectivity index (χ1v) is 11.6. The van der Waals surface area contributed by atoms with Crippen LogP contribution in [0.25, 0.3) is 0 Å². The predicted molar refractivity (Wildman–Crippen MR) is 112 cm³/mol. The van der Waals surface area contributed by atoms with Gasteiger partial charge in [-0.2, -0.15) is 26.3 Å². The lowest BCUT2D eigenvalue weighted by molar-refractivity contribution is -0.347. The number of hydrogen-bond donors (Lipinski definition) is 2. The largest absolute Gasteiger partial charge is 0.429 e. The van der Waals surface area contributed by atoms with E-state index < -0.39 is 29.0 Å². The first kappa shape index (κ1) is 28.1. The summed E-state index contributed by atoms with van der Waals surface area (Å²) in [5.74, 6) is -0.0316. The zero-order valence-corrected chi connectivity index (χ0v) is 19.7. The maximum atomic E-state index is 13.1. The zero-order chi connectivity index (χ0) is 25.5. The molecule has 192 valence electrons. The van der Waals surface area contributed by atoms with E-state index in [2.05, 4.69) is 0 Å². The van der Waals surface area contributed by atoms with Crippen LogP contribution >= 0.6 is 0 Å². The number of carbonyl (C=O) groups excluding carboxylic acids is 1. The summed E-state index contributed by atoms with van der Waals surface area (Å²) in [6.07, 6.45) is -6.52. The maximum absolute atomic E-state index is 13.1. The van der Waals surface area contributed by atoms with E-state index in [0.717, 1.165) is 18.9 Å². The van der Waals surface area contributed by atoms with E-state index in [4.69, 9.17) is 0 Å². The number of alkyl halides is 6. The molecule has 2 rings (SSSR count). The van der Waals surface area contributed by atoms with Crippen LogP contribution < -0.4 is 0 Å². The molecule has 0 amide bonds. The Balaban J connectivity index is 2.36. The van der Waals surface area contributed by atoms with E-state index in [1.165, 1.54) is 0 Å². The summed E-state index contributed by atoms with van der Waals surface area (Å²) in [6.45, 7) is 7.15. The van der Waals surface area contributed by atoms with Crippen molar-refractivity contribution in [1.82, 2.24) is 0 Å². The summed E-state index contributed by atoms with van der Waals surface area (Å²) in [4.78, 5) is 12.5. The van der Waals surface area contributed by atoms with Crippen molar-refractivity contribution in [2.75, 3.05) is 0 Å². The molecule has 2 N–H and O–H groups in total. The number of carbonyl (C=O) groups is 1. The fourth-order valence-electron chi connectivity index (χ4n) is 6.27. The lowest BCUT2D eigenvalue weighted by atomic mass is 9.56.